The van der Waals surface area contributed by atoms with Gasteiger partial charge in [-0.1, -0.05) is 19.8 Å². The highest BCUT2D eigenvalue weighted by atomic mass is 32.1. The summed E-state index contributed by atoms with van der Waals surface area (Å²) in [5, 5.41) is 4.36. The molecule has 2 aliphatic carbocycles. The van der Waals surface area contributed by atoms with Crippen LogP contribution in [0.5, 0.6) is 0 Å². The molecular weight excluding hydrogens is 280 g/mol. The molecule has 4 heteroatoms. The number of rotatable bonds is 2. The molecule has 0 spiro atoms. The summed E-state index contributed by atoms with van der Waals surface area (Å²) in [6, 6.07) is 2.08. The Morgan fingerprint density at radius 1 is 1.24 bits per heavy atom. The average molecular weight is 304 g/mol. The van der Waals surface area contributed by atoms with Crippen molar-refractivity contribution in [2.45, 2.75) is 64.7 Å². The minimum atomic E-state index is -0.0289. The van der Waals surface area contributed by atoms with Crippen molar-refractivity contribution >= 4 is 23.0 Å². The van der Waals surface area contributed by atoms with Gasteiger partial charge in [0.15, 0.2) is 0 Å². The first-order valence-corrected chi connectivity index (χ1v) is 9.01. The predicted molar refractivity (Wildman–Crippen MR) is 88.1 cm³/mol. The fourth-order valence-corrected chi connectivity index (χ4v) is 4.35. The molecule has 1 aromatic heterocycles. The fourth-order valence-electron chi connectivity index (χ4n) is 3.25. The van der Waals surface area contributed by atoms with Gasteiger partial charge in [0.25, 0.3) is 5.91 Å². The molecule has 114 valence electrons. The number of carbonyl (C=O) groups excluding carboxylic acids is 1. The molecule has 1 N–H and O–H groups in total. The van der Waals surface area contributed by atoms with Crippen molar-refractivity contribution in [2.75, 3.05) is 0 Å². The van der Waals surface area contributed by atoms with Crippen LogP contribution in [0, 0.1) is 5.92 Å². The lowest BCUT2D eigenvalue weighted by Gasteiger charge is -2.16. The minimum Gasteiger partial charge on any atom is -0.266 e. The van der Waals surface area contributed by atoms with Crippen molar-refractivity contribution < 1.29 is 4.79 Å². The van der Waals surface area contributed by atoms with Crippen LogP contribution in [-0.2, 0) is 12.8 Å². The van der Waals surface area contributed by atoms with Crippen molar-refractivity contribution in [3.8, 4) is 0 Å². The van der Waals surface area contributed by atoms with Crippen molar-refractivity contribution in [3.63, 3.8) is 0 Å². The summed E-state index contributed by atoms with van der Waals surface area (Å²) in [7, 11) is 0. The molecule has 0 saturated heterocycles. The number of nitrogens with zero attached hydrogens (tertiary/aromatic N) is 1. The van der Waals surface area contributed by atoms with Gasteiger partial charge in [0.05, 0.1) is 4.88 Å². The number of nitrogens with one attached hydrogen (secondary N) is 1. The molecule has 21 heavy (non-hydrogen) atoms. The highest BCUT2D eigenvalue weighted by molar-refractivity contribution is 7.14. The SMILES string of the molecule is C[C@H]1CCc2sc(C(=O)NN=C3CCCCCC3)cc2C1. The van der Waals surface area contributed by atoms with E-state index in [1.807, 2.05) is 0 Å². The Balaban J connectivity index is 1.64. The van der Waals surface area contributed by atoms with Crippen LogP contribution < -0.4 is 5.43 Å². The van der Waals surface area contributed by atoms with Crippen LogP contribution in [0.25, 0.3) is 0 Å². The van der Waals surface area contributed by atoms with E-state index in [2.05, 4.69) is 23.5 Å². The lowest BCUT2D eigenvalue weighted by molar-refractivity contribution is 0.0958. The maximum Gasteiger partial charge on any atom is 0.281 e. The third kappa shape index (κ3) is 3.73. The summed E-state index contributed by atoms with van der Waals surface area (Å²) in [4.78, 5) is 14.5. The van der Waals surface area contributed by atoms with Crippen molar-refractivity contribution in [1.29, 1.82) is 0 Å². The van der Waals surface area contributed by atoms with Gasteiger partial charge in [0.1, 0.15) is 0 Å². The molecule has 1 fully saturated rings. The molecule has 0 radical (unpaired) electrons. The molecule has 1 saturated carbocycles. The number of hydrazone groups is 1. The Bertz CT molecular complexity index is 537. The van der Waals surface area contributed by atoms with E-state index < -0.39 is 0 Å². The monoisotopic (exact) mass is 304 g/mol. The average Bonchev–Trinajstić information content (AvgIpc) is 2.72. The molecule has 1 amide bonds. The molecule has 0 unspecified atom stereocenters. The molecule has 1 aromatic rings. The molecule has 0 aromatic carbocycles. The third-order valence-corrected chi connectivity index (χ3v) is 5.79. The van der Waals surface area contributed by atoms with Crippen molar-refractivity contribution in [3.05, 3.63) is 21.4 Å². The maximum atomic E-state index is 12.3. The number of thiophene rings is 1. The van der Waals surface area contributed by atoms with Crippen molar-refractivity contribution in [2.24, 2.45) is 11.0 Å². The smallest absolute Gasteiger partial charge is 0.266 e. The van der Waals surface area contributed by atoms with Gasteiger partial charge in [-0.2, -0.15) is 5.10 Å². The first-order chi connectivity index (χ1) is 10.2. The van der Waals surface area contributed by atoms with E-state index in [0.717, 1.165) is 42.2 Å². The summed E-state index contributed by atoms with van der Waals surface area (Å²) >= 11 is 1.65. The second-order valence-corrected chi connectivity index (χ2v) is 7.58. The molecule has 3 rings (SSSR count). The zero-order valence-corrected chi connectivity index (χ0v) is 13.6. The second kappa shape index (κ2) is 6.73. The van der Waals surface area contributed by atoms with Crippen LogP contribution in [0.1, 0.15) is 72.0 Å². The normalized spacial score (nSPS) is 22.3. The summed E-state index contributed by atoms with van der Waals surface area (Å²) in [6.45, 7) is 2.29. The van der Waals surface area contributed by atoms with Crippen LogP contribution in [0.4, 0.5) is 0 Å². The number of hydrogen-bond acceptors (Lipinski definition) is 3. The van der Waals surface area contributed by atoms with Crippen LogP contribution >= 0.6 is 11.3 Å². The molecular formula is C17H24N2OS. The van der Waals surface area contributed by atoms with Gasteiger partial charge in [-0.3, -0.25) is 4.79 Å². The van der Waals surface area contributed by atoms with E-state index in [1.54, 1.807) is 11.3 Å². The zero-order valence-electron chi connectivity index (χ0n) is 12.8. The van der Waals surface area contributed by atoms with Crippen LogP contribution in [0.15, 0.2) is 11.2 Å². The van der Waals surface area contributed by atoms with Gasteiger partial charge in [-0.25, -0.2) is 5.43 Å². The summed E-state index contributed by atoms with van der Waals surface area (Å²) in [5.74, 6) is 0.716. The number of aryl methyl sites for hydroxylation is 1. The molecule has 1 atom stereocenters. The van der Waals surface area contributed by atoms with Gasteiger partial charge >= 0.3 is 0 Å². The Morgan fingerprint density at radius 2 is 2.00 bits per heavy atom. The van der Waals surface area contributed by atoms with E-state index in [-0.39, 0.29) is 5.91 Å². The van der Waals surface area contributed by atoms with Gasteiger partial charge in [0.2, 0.25) is 0 Å². The Labute approximate surface area is 130 Å². The van der Waals surface area contributed by atoms with Gasteiger partial charge in [0, 0.05) is 10.6 Å². The van der Waals surface area contributed by atoms with E-state index >= 15 is 0 Å². The van der Waals surface area contributed by atoms with Crippen LogP contribution in [0.3, 0.4) is 0 Å². The lowest BCUT2D eigenvalue weighted by Crippen LogP contribution is -2.18. The summed E-state index contributed by atoms with van der Waals surface area (Å²) in [6.07, 6.45) is 10.6. The van der Waals surface area contributed by atoms with E-state index in [1.165, 1.54) is 42.5 Å². The Kier molecular flexibility index (Phi) is 4.73. The fraction of sp³-hybridized carbons (Fsp3) is 0.647. The predicted octanol–water partition coefficient (Wildman–Crippen LogP) is 4.31. The number of hydrogen-bond donors (Lipinski definition) is 1. The molecule has 0 aliphatic heterocycles. The third-order valence-electron chi connectivity index (χ3n) is 4.55. The van der Waals surface area contributed by atoms with E-state index in [0.29, 0.717) is 0 Å². The highest BCUT2D eigenvalue weighted by Gasteiger charge is 2.20. The number of carbonyl (C=O) groups is 1. The minimum absolute atomic E-state index is 0.0289. The second-order valence-electron chi connectivity index (χ2n) is 6.44. The Hall–Kier alpha value is -1.16. The quantitative estimate of drug-likeness (QED) is 0.642. The summed E-state index contributed by atoms with van der Waals surface area (Å²) in [5.41, 5.74) is 5.32. The highest BCUT2D eigenvalue weighted by Crippen LogP contribution is 2.32. The van der Waals surface area contributed by atoms with Crippen molar-refractivity contribution in [1.82, 2.24) is 5.43 Å². The first kappa shape index (κ1) is 14.8. The van der Waals surface area contributed by atoms with E-state index in [9.17, 15) is 4.79 Å². The Morgan fingerprint density at radius 3 is 2.76 bits per heavy atom. The molecule has 0 bridgehead atoms. The number of fused-ring (bicyclic) bond motifs is 1. The first-order valence-electron chi connectivity index (χ1n) is 8.19. The lowest BCUT2D eigenvalue weighted by atomic mass is 9.90. The van der Waals surface area contributed by atoms with E-state index in [4.69, 9.17) is 0 Å². The summed E-state index contributed by atoms with van der Waals surface area (Å²) < 4.78 is 0. The molecule has 3 nitrogen and oxygen atoms in total. The van der Waals surface area contributed by atoms with Gasteiger partial charge in [-0.15, -0.1) is 11.3 Å². The van der Waals surface area contributed by atoms with Gasteiger partial charge in [-0.05, 0) is 62.5 Å². The van der Waals surface area contributed by atoms with Crippen LogP contribution in [-0.4, -0.2) is 11.6 Å². The molecule has 1 heterocycles. The standard InChI is InChI=1S/C17H24N2OS/c1-12-8-9-15-13(10-12)11-16(21-15)17(20)19-18-14-6-4-2-3-5-7-14/h11-12H,2-10H2,1H3,(H,19,20)/t12-/m0/s1. The molecule has 2 aliphatic rings. The topological polar surface area (TPSA) is 41.5 Å². The maximum absolute atomic E-state index is 12.3. The van der Waals surface area contributed by atoms with Crippen LogP contribution in [0.2, 0.25) is 0 Å². The number of amides is 1. The largest absolute Gasteiger partial charge is 0.281 e. The van der Waals surface area contributed by atoms with Gasteiger partial charge < -0.3 is 0 Å². The zero-order chi connectivity index (χ0) is 14.7.